The molecule has 292 valence electrons. The number of phenols is 9. The molecule has 11 aromatic rings. The van der Waals surface area contributed by atoms with Crippen molar-refractivity contribution in [3.8, 4) is 97.0 Å². The fraction of sp³-hybridized carbons (Fsp3) is 0. The van der Waals surface area contributed by atoms with Crippen LogP contribution in [0.4, 0.5) is 0 Å². The molecule has 14 nitrogen and oxygen atoms in total. The van der Waals surface area contributed by atoms with E-state index in [2.05, 4.69) is 0 Å². The first-order chi connectivity index (χ1) is 29.8. The number of phenolic OH excluding ortho intramolecular Hbond substituents is 9. The Hall–Kier alpha value is -8.46. The summed E-state index contributed by atoms with van der Waals surface area (Å²) < 4.78 is 7.52. The molecule has 0 saturated carbocycles. The molecule has 7 aromatic carbocycles. The zero-order valence-electron chi connectivity index (χ0n) is 31.5. The summed E-state index contributed by atoms with van der Waals surface area (Å²) in [5.41, 5.74) is -0.408. The summed E-state index contributed by atoms with van der Waals surface area (Å²) in [7, 11) is 19.5. The van der Waals surface area contributed by atoms with Crippen molar-refractivity contribution in [2.45, 2.75) is 0 Å². The van der Waals surface area contributed by atoms with Crippen molar-refractivity contribution in [3.63, 3.8) is 0 Å². The Bertz CT molecular complexity index is 3730. The van der Waals surface area contributed by atoms with Gasteiger partial charge in [-0.15, -0.1) is 0 Å². The highest BCUT2D eigenvalue weighted by atomic mass is 16.4. The number of nitrogens with zero attached hydrogens (tertiary/aromatic N) is 4. The maximum absolute atomic E-state index is 11.8. The molecular formula is C45H23B3N4O10. The zero-order valence-corrected chi connectivity index (χ0v) is 31.5. The van der Waals surface area contributed by atoms with Gasteiger partial charge in [-0.2, -0.15) is 0 Å². The van der Waals surface area contributed by atoms with E-state index in [1.807, 2.05) is 60.7 Å². The summed E-state index contributed by atoms with van der Waals surface area (Å²) >= 11 is 0. The second kappa shape index (κ2) is 12.5. The number of furan rings is 1. The second-order valence-electron chi connectivity index (χ2n) is 14.8. The van der Waals surface area contributed by atoms with Crippen molar-refractivity contribution < 1.29 is 50.4 Å². The Labute approximate surface area is 350 Å². The van der Waals surface area contributed by atoms with Gasteiger partial charge in [0.25, 0.3) is 0 Å². The van der Waals surface area contributed by atoms with E-state index < -0.39 is 62.7 Å². The van der Waals surface area contributed by atoms with Gasteiger partial charge in [0.1, 0.15) is 45.9 Å². The normalized spacial score (nSPS) is 12.0. The Morgan fingerprint density at radius 1 is 0.371 bits per heavy atom. The molecule has 4 heterocycles. The lowest BCUT2D eigenvalue weighted by atomic mass is 9.81. The molecule has 0 saturated heterocycles. The van der Waals surface area contributed by atoms with E-state index in [4.69, 9.17) is 42.9 Å². The average molecular weight is 812 g/mol. The van der Waals surface area contributed by atoms with Gasteiger partial charge >= 0.3 is 0 Å². The highest BCUT2D eigenvalue weighted by Crippen LogP contribution is 2.56. The third-order valence-corrected chi connectivity index (χ3v) is 11.4. The van der Waals surface area contributed by atoms with Crippen molar-refractivity contribution in [1.29, 1.82) is 0 Å². The summed E-state index contributed by atoms with van der Waals surface area (Å²) in [5, 5.41) is 101. The van der Waals surface area contributed by atoms with Gasteiger partial charge in [-0.25, -0.2) is 15.0 Å². The number of hydrogen-bond donors (Lipinski definition) is 9. The van der Waals surface area contributed by atoms with Crippen LogP contribution in [0.25, 0.3) is 105 Å². The van der Waals surface area contributed by atoms with E-state index in [9.17, 15) is 46.0 Å². The van der Waals surface area contributed by atoms with Crippen molar-refractivity contribution in [2.75, 3.05) is 0 Å². The lowest BCUT2D eigenvalue weighted by molar-refractivity contribution is 0.368. The van der Waals surface area contributed by atoms with Crippen LogP contribution in [0.2, 0.25) is 0 Å². The predicted octanol–water partition coefficient (Wildman–Crippen LogP) is 5.32. The molecule has 0 atom stereocenters. The van der Waals surface area contributed by atoms with E-state index in [1.165, 1.54) is 0 Å². The zero-order chi connectivity index (χ0) is 43.2. The summed E-state index contributed by atoms with van der Waals surface area (Å²) in [6.07, 6.45) is 0. The van der Waals surface area contributed by atoms with Crippen LogP contribution in [-0.4, -0.2) is 88.9 Å². The molecule has 17 heteroatoms. The third kappa shape index (κ3) is 4.58. The standard InChI is InChI=1S/C45H23B3N4O10/c46-26-21-24-31(36(57)35(56)28(48)32(24)53)52-29(21)25(22-27(47)34(55)39(60)37(58)30(22)52)41-23(26)20-19(33(54)38(59)40(61)42(20)62-41)17-12-7-13-18(14-17)45-50-43(15-8-3-1-4-9-15)49-44(51-45)16-10-5-2-6-11-16/h1-14,53-61H. The Morgan fingerprint density at radius 2 is 0.871 bits per heavy atom. The van der Waals surface area contributed by atoms with E-state index in [-0.39, 0.29) is 82.4 Å². The number of benzene rings is 7. The van der Waals surface area contributed by atoms with Crippen molar-refractivity contribution in [3.05, 3.63) is 84.9 Å². The molecule has 11 rings (SSSR count). The summed E-state index contributed by atoms with van der Waals surface area (Å²) in [6.45, 7) is 0. The van der Waals surface area contributed by atoms with Gasteiger partial charge in [0, 0.05) is 43.8 Å². The number of rotatable bonds is 4. The first kappa shape index (κ1) is 36.6. The predicted molar refractivity (Wildman–Crippen MR) is 235 cm³/mol. The van der Waals surface area contributed by atoms with Gasteiger partial charge in [0.05, 0.1) is 16.3 Å². The lowest BCUT2D eigenvalue weighted by Gasteiger charge is -2.13. The average Bonchev–Trinajstić information content (AvgIpc) is 3.97. The van der Waals surface area contributed by atoms with Gasteiger partial charge in [-0.1, -0.05) is 84.3 Å². The fourth-order valence-corrected chi connectivity index (χ4v) is 8.65. The quantitative estimate of drug-likeness (QED) is 0.0622. The van der Waals surface area contributed by atoms with Crippen LogP contribution in [-0.2, 0) is 0 Å². The van der Waals surface area contributed by atoms with E-state index in [0.717, 1.165) is 15.5 Å². The molecule has 0 aliphatic carbocycles. The summed E-state index contributed by atoms with van der Waals surface area (Å²) in [4.78, 5) is 14.4. The third-order valence-electron chi connectivity index (χ3n) is 11.4. The van der Waals surface area contributed by atoms with E-state index >= 15 is 0 Å². The maximum atomic E-state index is 11.8. The number of aromatic hydroxyl groups is 9. The first-order valence-corrected chi connectivity index (χ1v) is 18.7. The van der Waals surface area contributed by atoms with Gasteiger partial charge in [0.2, 0.25) is 17.2 Å². The van der Waals surface area contributed by atoms with Crippen LogP contribution in [0, 0.1) is 0 Å². The first-order valence-electron chi connectivity index (χ1n) is 18.7. The van der Waals surface area contributed by atoms with Crippen molar-refractivity contribution >= 4 is 100.0 Å². The Balaban J connectivity index is 1.29. The van der Waals surface area contributed by atoms with Crippen LogP contribution in [0.3, 0.4) is 0 Å². The fourth-order valence-electron chi connectivity index (χ4n) is 8.65. The van der Waals surface area contributed by atoms with Crippen molar-refractivity contribution in [1.82, 2.24) is 19.4 Å². The van der Waals surface area contributed by atoms with Crippen molar-refractivity contribution in [2.24, 2.45) is 0 Å². The van der Waals surface area contributed by atoms with Crippen LogP contribution >= 0.6 is 0 Å². The molecule has 4 aromatic heterocycles. The summed E-state index contributed by atoms with van der Waals surface area (Å²) in [6, 6.07) is 25.3. The topological polar surface area (TPSA) is 238 Å². The minimum atomic E-state index is -1.03. The van der Waals surface area contributed by atoms with Crippen LogP contribution in [0.5, 0.6) is 51.7 Å². The largest absolute Gasteiger partial charge is 0.508 e. The second-order valence-corrected chi connectivity index (χ2v) is 14.8. The summed E-state index contributed by atoms with van der Waals surface area (Å²) in [5.74, 6) is -6.93. The van der Waals surface area contributed by atoms with Crippen LogP contribution in [0.1, 0.15) is 0 Å². The molecule has 0 aliphatic heterocycles. The molecule has 0 fully saturated rings. The number of aromatic nitrogens is 4. The molecule has 62 heavy (non-hydrogen) atoms. The van der Waals surface area contributed by atoms with Crippen LogP contribution < -0.4 is 16.4 Å². The lowest BCUT2D eigenvalue weighted by Crippen LogP contribution is -2.09. The SMILES string of the molecule is [B]c1c(O)c(O)c2c(c1O)c1c([B])c3c(oc4c(O)c(O)c(O)c(-c5cccc(-c6nc(-c7ccccc7)nc(-c7ccccc7)n6)c5)c43)c3c4c([B])c(O)c(O)c(O)c4n2c13. The molecule has 6 radical (unpaired) electrons. The van der Waals surface area contributed by atoms with Gasteiger partial charge in [-0.3, -0.25) is 0 Å². The molecule has 0 aliphatic rings. The molecule has 0 spiro atoms. The van der Waals surface area contributed by atoms with Crippen LogP contribution in [0.15, 0.2) is 89.3 Å². The molecule has 9 N–H and O–H groups in total. The molecule has 0 amide bonds. The number of fused-ring (bicyclic) bond motifs is 10. The highest BCUT2D eigenvalue weighted by molar-refractivity contribution is 6.57. The van der Waals surface area contributed by atoms with Gasteiger partial charge in [0.15, 0.2) is 51.8 Å². The monoisotopic (exact) mass is 812 g/mol. The Morgan fingerprint density at radius 3 is 1.50 bits per heavy atom. The Kier molecular flexibility index (Phi) is 7.40. The molecule has 0 unspecified atom stereocenters. The highest BCUT2D eigenvalue weighted by Gasteiger charge is 2.35. The molecular weight excluding hydrogens is 789 g/mol. The minimum Gasteiger partial charge on any atom is -0.508 e. The minimum absolute atomic E-state index is 0.00332. The van der Waals surface area contributed by atoms with E-state index in [0.29, 0.717) is 17.2 Å². The van der Waals surface area contributed by atoms with E-state index in [1.54, 1.807) is 24.3 Å². The number of hydrogen-bond acceptors (Lipinski definition) is 13. The van der Waals surface area contributed by atoms with Gasteiger partial charge in [-0.05, 0) is 22.6 Å². The van der Waals surface area contributed by atoms with Gasteiger partial charge < -0.3 is 54.8 Å². The smallest absolute Gasteiger partial charge is 0.205 e. The molecule has 0 bridgehead atoms. The maximum Gasteiger partial charge on any atom is 0.205 e.